The highest BCUT2D eigenvalue weighted by atomic mass is 16.4. The SMILES string of the molecule is Cc1cc(Nc2ccncc2)cc(O)c1C(=O)O. The van der Waals surface area contributed by atoms with Crippen LogP contribution in [0.4, 0.5) is 11.4 Å². The Labute approximate surface area is 104 Å². The Morgan fingerprint density at radius 2 is 1.89 bits per heavy atom. The van der Waals surface area contributed by atoms with Crippen LogP contribution in [0.1, 0.15) is 15.9 Å². The number of hydrogen-bond donors (Lipinski definition) is 3. The molecule has 0 fully saturated rings. The normalized spacial score (nSPS) is 10.1. The number of carboxylic acid groups (broad SMARTS) is 1. The van der Waals surface area contributed by atoms with Crippen LogP contribution in [0.15, 0.2) is 36.7 Å². The number of phenols is 1. The third-order valence-electron chi connectivity index (χ3n) is 2.50. The number of aromatic nitrogens is 1. The van der Waals surface area contributed by atoms with Gasteiger partial charge in [-0.25, -0.2) is 4.79 Å². The Morgan fingerprint density at radius 3 is 2.44 bits per heavy atom. The Hall–Kier alpha value is -2.56. The lowest BCUT2D eigenvalue weighted by Gasteiger charge is -2.10. The molecule has 0 aliphatic heterocycles. The number of nitrogens with one attached hydrogen (secondary N) is 1. The smallest absolute Gasteiger partial charge is 0.339 e. The van der Waals surface area contributed by atoms with Crippen molar-refractivity contribution in [2.45, 2.75) is 6.92 Å². The minimum Gasteiger partial charge on any atom is -0.507 e. The molecule has 0 bridgehead atoms. The Bertz CT molecular complexity index is 559. The van der Waals surface area contributed by atoms with Gasteiger partial charge in [0.05, 0.1) is 0 Å². The summed E-state index contributed by atoms with van der Waals surface area (Å²) in [5.74, 6) is -1.39. The van der Waals surface area contributed by atoms with Crippen LogP contribution in [0.5, 0.6) is 5.75 Å². The van der Waals surface area contributed by atoms with Crippen LogP contribution in [0, 0.1) is 6.92 Å². The van der Waals surface area contributed by atoms with Gasteiger partial charge in [-0.1, -0.05) is 0 Å². The third-order valence-corrected chi connectivity index (χ3v) is 2.50. The maximum atomic E-state index is 10.9. The van der Waals surface area contributed by atoms with E-state index in [9.17, 15) is 9.90 Å². The first-order chi connectivity index (χ1) is 8.58. The summed E-state index contributed by atoms with van der Waals surface area (Å²) < 4.78 is 0. The summed E-state index contributed by atoms with van der Waals surface area (Å²) in [5, 5.41) is 21.7. The number of aryl methyl sites for hydroxylation is 1. The predicted molar refractivity (Wildman–Crippen MR) is 67.3 cm³/mol. The van der Waals surface area contributed by atoms with E-state index in [1.54, 1.807) is 37.5 Å². The lowest BCUT2D eigenvalue weighted by molar-refractivity contribution is 0.0693. The van der Waals surface area contributed by atoms with E-state index in [0.717, 1.165) is 5.69 Å². The van der Waals surface area contributed by atoms with Gasteiger partial charge in [-0.2, -0.15) is 0 Å². The van der Waals surface area contributed by atoms with Gasteiger partial charge in [-0.3, -0.25) is 4.98 Å². The fourth-order valence-electron chi connectivity index (χ4n) is 1.72. The zero-order chi connectivity index (χ0) is 13.1. The van der Waals surface area contributed by atoms with E-state index >= 15 is 0 Å². The molecule has 2 aromatic rings. The van der Waals surface area contributed by atoms with Crippen LogP contribution in [-0.2, 0) is 0 Å². The van der Waals surface area contributed by atoms with Gasteiger partial charge in [0, 0.05) is 29.8 Å². The average molecular weight is 244 g/mol. The zero-order valence-electron chi connectivity index (χ0n) is 9.71. The highest BCUT2D eigenvalue weighted by Crippen LogP contribution is 2.27. The minimum absolute atomic E-state index is 0.0738. The number of pyridine rings is 1. The predicted octanol–water partition coefficient (Wildman–Crippen LogP) is 2.54. The molecule has 3 N–H and O–H groups in total. The molecule has 0 amide bonds. The molecule has 2 rings (SSSR count). The molecule has 1 heterocycles. The maximum Gasteiger partial charge on any atom is 0.339 e. The second-order valence-corrected chi connectivity index (χ2v) is 3.85. The van der Waals surface area contributed by atoms with Gasteiger partial charge in [0.25, 0.3) is 0 Å². The third kappa shape index (κ3) is 2.40. The first-order valence-electron chi connectivity index (χ1n) is 5.32. The molecule has 0 aliphatic rings. The lowest BCUT2D eigenvalue weighted by Crippen LogP contribution is -2.01. The van der Waals surface area contributed by atoms with Crippen LogP contribution in [-0.4, -0.2) is 21.2 Å². The van der Waals surface area contributed by atoms with E-state index < -0.39 is 5.97 Å². The van der Waals surface area contributed by atoms with Crippen molar-refractivity contribution >= 4 is 17.3 Å². The van der Waals surface area contributed by atoms with Gasteiger partial charge < -0.3 is 15.5 Å². The molecule has 0 atom stereocenters. The molecule has 92 valence electrons. The van der Waals surface area contributed by atoms with E-state index in [-0.39, 0.29) is 11.3 Å². The van der Waals surface area contributed by atoms with Crippen LogP contribution in [0.2, 0.25) is 0 Å². The van der Waals surface area contributed by atoms with Crippen LogP contribution in [0.3, 0.4) is 0 Å². The largest absolute Gasteiger partial charge is 0.507 e. The highest BCUT2D eigenvalue weighted by molar-refractivity contribution is 5.93. The molecule has 5 heteroatoms. The summed E-state index contributed by atoms with van der Waals surface area (Å²) in [5.41, 5.74) is 1.86. The number of carboxylic acids is 1. The van der Waals surface area contributed by atoms with Crippen molar-refractivity contribution in [3.63, 3.8) is 0 Å². The summed E-state index contributed by atoms with van der Waals surface area (Å²) in [6.45, 7) is 1.64. The van der Waals surface area contributed by atoms with Crippen molar-refractivity contribution in [3.05, 3.63) is 47.8 Å². The number of aromatic hydroxyl groups is 1. The van der Waals surface area contributed by atoms with Gasteiger partial charge in [-0.05, 0) is 30.7 Å². The number of nitrogens with zero attached hydrogens (tertiary/aromatic N) is 1. The molecule has 0 unspecified atom stereocenters. The fourth-order valence-corrected chi connectivity index (χ4v) is 1.72. The Balaban J connectivity index is 2.34. The molecule has 0 spiro atoms. The first kappa shape index (κ1) is 11.9. The molecule has 1 aromatic heterocycles. The van der Waals surface area contributed by atoms with Gasteiger partial charge in [0.1, 0.15) is 11.3 Å². The second kappa shape index (κ2) is 4.75. The molecule has 5 nitrogen and oxygen atoms in total. The summed E-state index contributed by atoms with van der Waals surface area (Å²) in [7, 11) is 0. The quantitative estimate of drug-likeness (QED) is 0.772. The number of benzene rings is 1. The van der Waals surface area contributed by atoms with Gasteiger partial charge >= 0.3 is 5.97 Å². The Morgan fingerprint density at radius 1 is 1.22 bits per heavy atom. The first-order valence-corrected chi connectivity index (χ1v) is 5.32. The number of aromatic carboxylic acids is 1. The number of carbonyl (C=O) groups is 1. The Kier molecular flexibility index (Phi) is 3.14. The molecular formula is C13H12N2O3. The minimum atomic E-state index is -1.14. The molecule has 0 saturated heterocycles. The van der Waals surface area contributed by atoms with Gasteiger partial charge in [0.15, 0.2) is 0 Å². The molecule has 1 aromatic carbocycles. The number of hydrogen-bond acceptors (Lipinski definition) is 4. The topological polar surface area (TPSA) is 82.5 Å². The lowest BCUT2D eigenvalue weighted by atomic mass is 10.1. The molecule has 0 radical (unpaired) electrons. The van der Waals surface area contributed by atoms with E-state index in [1.807, 2.05) is 0 Å². The van der Waals surface area contributed by atoms with Gasteiger partial charge in [-0.15, -0.1) is 0 Å². The van der Waals surface area contributed by atoms with Crippen LogP contribution in [0.25, 0.3) is 0 Å². The summed E-state index contributed by atoms with van der Waals surface area (Å²) >= 11 is 0. The van der Waals surface area contributed by atoms with Crippen molar-refractivity contribution in [3.8, 4) is 5.75 Å². The van der Waals surface area contributed by atoms with Gasteiger partial charge in [0.2, 0.25) is 0 Å². The second-order valence-electron chi connectivity index (χ2n) is 3.85. The molecule has 18 heavy (non-hydrogen) atoms. The van der Waals surface area contributed by atoms with Crippen LogP contribution < -0.4 is 5.32 Å². The van der Waals surface area contributed by atoms with Crippen molar-refractivity contribution in [2.24, 2.45) is 0 Å². The summed E-state index contributed by atoms with van der Waals surface area (Å²) in [6, 6.07) is 6.61. The number of rotatable bonds is 3. The monoisotopic (exact) mass is 244 g/mol. The highest BCUT2D eigenvalue weighted by Gasteiger charge is 2.14. The average Bonchev–Trinajstić information content (AvgIpc) is 2.28. The summed E-state index contributed by atoms with van der Waals surface area (Å²) in [6.07, 6.45) is 3.28. The van der Waals surface area contributed by atoms with E-state index in [4.69, 9.17) is 5.11 Å². The summed E-state index contributed by atoms with van der Waals surface area (Å²) in [4.78, 5) is 14.8. The van der Waals surface area contributed by atoms with E-state index in [2.05, 4.69) is 10.3 Å². The van der Waals surface area contributed by atoms with E-state index in [1.165, 1.54) is 6.07 Å². The number of anilines is 2. The molecule has 0 saturated carbocycles. The van der Waals surface area contributed by atoms with Crippen molar-refractivity contribution in [2.75, 3.05) is 5.32 Å². The van der Waals surface area contributed by atoms with Crippen molar-refractivity contribution < 1.29 is 15.0 Å². The fraction of sp³-hybridized carbons (Fsp3) is 0.0769. The van der Waals surface area contributed by atoms with Crippen molar-refractivity contribution in [1.82, 2.24) is 4.98 Å². The van der Waals surface area contributed by atoms with Crippen molar-refractivity contribution in [1.29, 1.82) is 0 Å². The zero-order valence-corrected chi connectivity index (χ0v) is 9.71. The molecular weight excluding hydrogens is 232 g/mol. The molecule has 0 aliphatic carbocycles. The standard InChI is InChI=1S/C13H12N2O3/c1-8-6-10(7-11(16)12(8)13(17)18)15-9-2-4-14-5-3-9/h2-7,16H,1H3,(H,14,15)(H,17,18). The van der Waals surface area contributed by atoms with E-state index in [0.29, 0.717) is 11.3 Å². The van der Waals surface area contributed by atoms with Crippen LogP contribution >= 0.6 is 0 Å². The maximum absolute atomic E-state index is 10.9.